The molecule has 0 fully saturated rings. The molecule has 0 saturated carbocycles. The highest BCUT2D eigenvalue weighted by molar-refractivity contribution is 5.77. The highest BCUT2D eigenvalue weighted by atomic mass is 16.3. The van der Waals surface area contributed by atoms with Gasteiger partial charge in [0.05, 0.1) is 12.6 Å². The van der Waals surface area contributed by atoms with Crippen molar-refractivity contribution in [2.24, 2.45) is 0 Å². The van der Waals surface area contributed by atoms with Crippen LogP contribution in [0.5, 0.6) is 0 Å². The van der Waals surface area contributed by atoms with E-state index in [0.29, 0.717) is 13.1 Å². The summed E-state index contributed by atoms with van der Waals surface area (Å²) in [6.07, 6.45) is 2.33. The first kappa shape index (κ1) is 13.4. The minimum atomic E-state index is -0.273. The second-order valence-electron chi connectivity index (χ2n) is 3.52. The lowest BCUT2D eigenvalue weighted by molar-refractivity contribution is -0.120. The monoisotopic (exact) mass is 202 g/mol. The zero-order chi connectivity index (χ0) is 10.8. The van der Waals surface area contributed by atoms with Gasteiger partial charge in [0.2, 0.25) is 5.91 Å². The Bertz CT molecular complexity index is 149. The normalized spacial score (nSPS) is 12.5. The first-order chi connectivity index (χ1) is 6.66. The zero-order valence-electron chi connectivity index (χ0n) is 9.18. The lowest BCUT2D eigenvalue weighted by Gasteiger charge is -2.06. The quantitative estimate of drug-likeness (QED) is 0.495. The first-order valence-corrected chi connectivity index (χ1v) is 5.32. The molecule has 1 unspecified atom stereocenters. The van der Waals surface area contributed by atoms with Crippen molar-refractivity contribution in [1.29, 1.82) is 0 Å². The number of amides is 1. The predicted octanol–water partition coefficient (Wildman–Crippen LogP) is 0.263. The molecule has 0 aliphatic carbocycles. The maximum atomic E-state index is 11.1. The van der Waals surface area contributed by atoms with Gasteiger partial charge in [-0.05, 0) is 32.7 Å². The van der Waals surface area contributed by atoms with E-state index in [1.54, 1.807) is 6.92 Å². The first-order valence-electron chi connectivity index (χ1n) is 5.32. The molecule has 0 aliphatic rings. The van der Waals surface area contributed by atoms with Gasteiger partial charge in [-0.15, -0.1) is 0 Å². The molecule has 3 N–H and O–H groups in total. The molecule has 4 nitrogen and oxygen atoms in total. The number of carbonyl (C=O) groups is 1. The van der Waals surface area contributed by atoms with Crippen LogP contribution in [0.4, 0.5) is 0 Å². The Balaban J connectivity index is 3.18. The molecule has 0 saturated heterocycles. The van der Waals surface area contributed by atoms with Crippen molar-refractivity contribution in [3.8, 4) is 0 Å². The minimum Gasteiger partial charge on any atom is -0.393 e. The van der Waals surface area contributed by atoms with Crippen LogP contribution in [0.3, 0.4) is 0 Å². The fourth-order valence-electron chi connectivity index (χ4n) is 1.07. The fourth-order valence-corrected chi connectivity index (χ4v) is 1.07. The second-order valence-corrected chi connectivity index (χ2v) is 3.52. The summed E-state index contributed by atoms with van der Waals surface area (Å²) in [5.41, 5.74) is 0. The molecule has 84 valence electrons. The number of aliphatic hydroxyl groups is 1. The lowest BCUT2D eigenvalue weighted by atomic mass is 10.2. The van der Waals surface area contributed by atoms with E-state index in [4.69, 9.17) is 5.11 Å². The molecular weight excluding hydrogens is 180 g/mol. The van der Waals surface area contributed by atoms with Gasteiger partial charge in [0.25, 0.3) is 0 Å². The van der Waals surface area contributed by atoms with Gasteiger partial charge in [0.15, 0.2) is 0 Å². The van der Waals surface area contributed by atoms with Gasteiger partial charge in [0.1, 0.15) is 0 Å². The molecule has 0 aromatic carbocycles. The van der Waals surface area contributed by atoms with Crippen molar-refractivity contribution in [1.82, 2.24) is 10.6 Å². The maximum Gasteiger partial charge on any atom is 0.233 e. The van der Waals surface area contributed by atoms with E-state index in [2.05, 4.69) is 17.6 Å². The van der Waals surface area contributed by atoms with Crippen LogP contribution in [0, 0.1) is 0 Å². The molecule has 1 amide bonds. The molecule has 4 heteroatoms. The van der Waals surface area contributed by atoms with Crippen LogP contribution in [-0.2, 0) is 4.79 Å². The van der Waals surface area contributed by atoms with Crippen LogP contribution in [0.2, 0.25) is 0 Å². The average Bonchev–Trinajstić information content (AvgIpc) is 2.13. The van der Waals surface area contributed by atoms with Gasteiger partial charge < -0.3 is 15.7 Å². The van der Waals surface area contributed by atoms with Gasteiger partial charge >= 0.3 is 0 Å². The number of rotatable bonds is 8. The van der Waals surface area contributed by atoms with E-state index >= 15 is 0 Å². The van der Waals surface area contributed by atoms with E-state index in [0.717, 1.165) is 25.8 Å². The van der Waals surface area contributed by atoms with Crippen LogP contribution >= 0.6 is 0 Å². The number of carbonyl (C=O) groups excluding carboxylic acids is 1. The van der Waals surface area contributed by atoms with Crippen LogP contribution in [-0.4, -0.2) is 36.8 Å². The summed E-state index contributed by atoms with van der Waals surface area (Å²) in [4.78, 5) is 11.1. The Labute approximate surface area is 86.1 Å². The smallest absolute Gasteiger partial charge is 0.233 e. The minimum absolute atomic E-state index is 0.0315. The summed E-state index contributed by atoms with van der Waals surface area (Å²) >= 11 is 0. The molecule has 14 heavy (non-hydrogen) atoms. The third kappa shape index (κ3) is 9.48. The molecule has 0 heterocycles. The molecule has 0 rings (SSSR count). The van der Waals surface area contributed by atoms with Crippen molar-refractivity contribution in [2.75, 3.05) is 19.6 Å². The molecule has 1 atom stereocenters. The number of aliphatic hydroxyl groups excluding tert-OH is 1. The van der Waals surface area contributed by atoms with Gasteiger partial charge in [-0.2, -0.15) is 0 Å². The Kier molecular flexibility index (Phi) is 8.57. The summed E-state index contributed by atoms with van der Waals surface area (Å²) in [6.45, 7) is 5.74. The van der Waals surface area contributed by atoms with Crippen LogP contribution in [0.15, 0.2) is 0 Å². The van der Waals surface area contributed by atoms with E-state index in [1.165, 1.54) is 0 Å². The average molecular weight is 202 g/mol. The topological polar surface area (TPSA) is 61.4 Å². The lowest BCUT2D eigenvalue weighted by Crippen LogP contribution is -2.34. The van der Waals surface area contributed by atoms with Gasteiger partial charge in [-0.3, -0.25) is 4.79 Å². The standard InChI is InChI=1S/C10H22N2O2/c1-3-6-11-8-10(14)12-7-4-5-9(2)13/h9,11,13H,3-8H2,1-2H3,(H,12,14). The summed E-state index contributed by atoms with van der Waals surface area (Å²) in [6, 6.07) is 0. The summed E-state index contributed by atoms with van der Waals surface area (Å²) < 4.78 is 0. The molecular formula is C10H22N2O2. The molecule has 0 aromatic rings. The van der Waals surface area contributed by atoms with Crippen molar-refractivity contribution < 1.29 is 9.90 Å². The van der Waals surface area contributed by atoms with Crippen molar-refractivity contribution >= 4 is 5.91 Å². The molecule has 0 spiro atoms. The third-order valence-electron chi connectivity index (χ3n) is 1.83. The van der Waals surface area contributed by atoms with E-state index in [1.807, 2.05) is 0 Å². The van der Waals surface area contributed by atoms with Gasteiger partial charge in [-0.25, -0.2) is 0 Å². The van der Waals surface area contributed by atoms with Gasteiger partial charge in [0, 0.05) is 6.54 Å². The Hall–Kier alpha value is -0.610. The molecule has 0 aliphatic heterocycles. The van der Waals surface area contributed by atoms with Crippen molar-refractivity contribution in [2.45, 2.75) is 39.2 Å². The van der Waals surface area contributed by atoms with Crippen molar-refractivity contribution in [3.05, 3.63) is 0 Å². The Morgan fingerprint density at radius 2 is 2.14 bits per heavy atom. The van der Waals surface area contributed by atoms with E-state index in [-0.39, 0.29) is 12.0 Å². The number of hydrogen-bond acceptors (Lipinski definition) is 3. The second kappa shape index (κ2) is 8.97. The van der Waals surface area contributed by atoms with Crippen LogP contribution in [0.25, 0.3) is 0 Å². The van der Waals surface area contributed by atoms with Gasteiger partial charge in [-0.1, -0.05) is 6.92 Å². The summed E-state index contributed by atoms with van der Waals surface area (Å²) in [5.74, 6) is 0.0315. The highest BCUT2D eigenvalue weighted by Gasteiger charge is 1.99. The predicted molar refractivity (Wildman–Crippen MR) is 57.1 cm³/mol. The Morgan fingerprint density at radius 3 is 2.71 bits per heavy atom. The molecule has 0 bridgehead atoms. The summed E-state index contributed by atoms with van der Waals surface area (Å²) in [5, 5.41) is 14.8. The van der Waals surface area contributed by atoms with Crippen LogP contribution < -0.4 is 10.6 Å². The van der Waals surface area contributed by atoms with Crippen molar-refractivity contribution in [3.63, 3.8) is 0 Å². The van der Waals surface area contributed by atoms with E-state index in [9.17, 15) is 4.79 Å². The fraction of sp³-hybridized carbons (Fsp3) is 0.900. The number of nitrogens with one attached hydrogen (secondary N) is 2. The van der Waals surface area contributed by atoms with E-state index < -0.39 is 0 Å². The number of hydrogen-bond donors (Lipinski definition) is 3. The summed E-state index contributed by atoms with van der Waals surface area (Å²) in [7, 11) is 0. The largest absolute Gasteiger partial charge is 0.393 e. The zero-order valence-corrected chi connectivity index (χ0v) is 9.18. The third-order valence-corrected chi connectivity index (χ3v) is 1.83. The maximum absolute atomic E-state index is 11.1. The van der Waals surface area contributed by atoms with Crippen LogP contribution in [0.1, 0.15) is 33.1 Å². The molecule has 0 radical (unpaired) electrons. The molecule has 0 aromatic heterocycles. The highest BCUT2D eigenvalue weighted by Crippen LogP contribution is 1.92. The SMILES string of the molecule is CCCNCC(=O)NCCCC(C)O. The Morgan fingerprint density at radius 1 is 1.43 bits per heavy atom.